The summed E-state index contributed by atoms with van der Waals surface area (Å²) < 4.78 is 39.9. The quantitative estimate of drug-likeness (QED) is 0.726. The fraction of sp³-hybridized carbons (Fsp3) is 0.556. The Hall–Kier alpha value is -2.25. The Bertz CT molecular complexity index is 676. The van der Waals surface area contributed by atoms with Crippen LogP contribution in [-0.2, 0) is 11.0 Å². The average molecular weight is 371 g/mol. The maximum Gasteiger partial charge on any atom is 0.418 e. The molecule has 5 nitrogen and oxygen atoms in total. The van der Waals surface area contributed by atoms with Crippen LogP contribution in [0.3, 0.4) is 0 Å². The summed E-state index contributed by atoms with van der Waals surface area (Å²) in [5.74, 6) is 0.243. The number of hydrogen-bond donors (Lipinski definition) is 3. The molecule has 0 aliphatic heterocycles. The molecule has 3 N–H and O–H groups in total. The van der Waals surface area contributed by atoms with Crippen molar-refractivity contribution in [2.45, 2.75) is 52.3 Å². The molecule has 1 saturated carbocycles. The topological polar surface area (TPSA) is 70.2 Å². The van der Waals surface area contributed by atoms with E-state index in [9.17, 15) is 22.8 Å². The minimum atomic E-state index is -4.66. The molecule has 0 bridgehead atoms. The lowest BCUT2D eigenvalue weighted by Gasteiger charge is -2.34. The van der Waals surface area contributed by atoms with Crippen LogP contribution in [0.15, 0.2) is 18.2 Å². The van der Waals surface area contributed by atoms with Gasteiger partial charge in [0.2, 0.25) is 5.91 Å². The van der Waals surface area contributed by atoms with E-state index in [4.69, 9.17) is 0 Å². The number of carbonyl (C=O) groups is 2. The third-order valence-electron chi connectivity index (χ3n) is 4.92. The molecule has 2 rings (SSSR count). The molecule has 1 aliphatic carbocycles. The number of anilines is 2. The second-order valence-electron chi connectivity index (χ2n) is 6.91. The summed E-state index contributed by atoms with van der Waals surface area (Å²) >= 11 is 0. The number of benzene rings is 1. The van der Waals surface area contributed by atoms with Gasteiger partial charge in [-0.15, -0.1) is 0 Å². The van der Waals surface area contributed by atoms with Crippen molar-refractivity contribution in [2.75, 3.05) is 10.6 Å². The second kappa shape index (κ2) is 7.97. The molecule has 0 saturated heterocycles. The van der Waals surface area contributed by atoms with Gasteiger partial charge in [0.15, 0.2) is 0 Å². The highest BCUT2D eigenvalue weighted by atomic mass is 19.4. The highest BCUT2D eigenvalue weighted by Gasteiger charge is 2.35. The van der Waals surface area contributed by atoms with E-state index < -0.39 is 23.7 Å². The van der Waals surface area contributed by atoms with Crippen LogP contribution in [0.2, 0.25) is 0 Å². The van der Waals surface area contributed by atoms with Gasteiger partial charge in [-0.3, -0.25) is 4.79 Å². The zero-order valence-corrected chi connectivity index (χ0v) is 15.0. The van der Waals surface area contributed by atoms with Gasteiger partial charge < -0.3 is 16.0 Å². The molecule has 0 aromatic heterocycles. The Morgan fingerprint density at radius 2 is 1.81 bits per heavy atom. The van der Waals surface area contributed by atoms with Crippen LogP contribution in [0.25, 0.3) is 0 Å². The van der Waals surface area contributed by atoms with Gasteiger partial charge in [-0.05, 0) is 36.5 Å². The third kappa shape index (κ3) is 5.12. The first-order valence-corrected chi connectivity index (χ1v) is 8.64. The molecule has 1 aromatic carbocycles. The Labute approximate surface area is 150 Å². The van der Waals surface area contributed by atoms with Gasteiger partial charge in [0.25, 0.3) is 0 Å². The Morgan fingerprint density at radius 1 is 1.12 bits per heavy atom. The Balaban J connectivity index is 2.14. The van der Waals surface area contributed by atoms with Gasteiger partial charge in [0, 0.05) is 18.7 Å². The maximum atomic E-state index is 13.3. The van der Waals surface area contributed by atoms with E-state index in [1.165, 1.54) is 13.0 Å². The zero-order chi connectivity index (χ0) is 19.5. The normalized spacial score (nSPS) is 23.2. The van der Waals surface area contributed by atoms with Crippen LogP contribution in [-0.4, -0.2) is 18.0 Å². The predicted octanol–water partition coefficient (Wildman–Crippen LogP) is 4.61. The van der Waals surface area contributed by atoms with E-state index in [0.29, 0.717) is 5.92 Å². The molecular formula is C18H24F3N3O2. The van der Waals surface area contributed by atoms with Crippen LogP contribution in [0.1, 0.15) is 45.6 Å². The van der Waals surface area contributed by atoms with Crippen molar-refractivity contribution >= 4 is 23.3 Å². The lowest BCUT2D eigenvalue weighted by Crippen LogP contribution is -2.45. The molecule has 1 fully saturated rings. The molecule has 1 aromatic rings. The zero-order valence-electron chi connectivity index (χ0n) is 15.0. The van der Waals surface area contributed by atoms with E-state index in [1.54, 1.807) is 0 Å². The predicted molar refractivity (Wildman–Crippen MR) is 93.9 cm³/mol. The first kappa shape index (κ1) is 20.1. The minimum Gasteiger partial charge on any atom is -0.335 e. The fourth-order valence-electron chi connectivity index (χ4n) is 3.28. The standard InChI is InChI=1S/C18H24F3N3O2/c1-10-5-4-6-15(11(10)2)23-17(26)24-16-8-7-13(22-12(3)25)9-14(16)18(19,20)21/h7-11,15H,4-6H2,1-3H3,(H,22,25)(H2,23,24,26)/t10-,11+,15-/m1/s1. The van der Waals surface area contributed by atoms with Crippen molar-refractivity contribution in [2.24, 2.45) is 11.8 Å². The number of rotatable bonds is 3. The minimum absolute atomic E-state index is 0.0190. The molecule has 1 aliphatic rings. The number of hydrogen-bond acceptors (Lipinski definition) is 2. The SMILES string of the molecule is CC(=O)Nc1ccc(NC(=O)N[C@@H]2CCC[C@@H](C)[C@@H]2C)c(C(F)(F)F)c1. The van der Waals surface area contributed by atoms with Crippen LogP contribution < -0.4 is 16.0 Å². The number of nitrogens with one attached hydrogen (secondary N) is 3. The van der Waals surface area contributed by atoms with Crippen molar-refractivity contribution in [3.05, 3.63) is 23.8 Å². The van der Waals surface area contributed by atoms with E-state index in [2.05, 4.69) is 22.9 Å². The summed E-state index contributed by atoms with van der Waals surface area (Å²) in [6.07, 6.45) is -1.78. The summed E-state index contributed by atoms with van der Waals surface area (Å²) in [4.78, 5) is 23.3. The van der Waals surface area contributed by atoms with Crippen LogP contribution in [0.4, 0.5) is 29.3 Å². The van der Waals surface area contributed by atoms with Crippen LogP contribution >= 0.6 is 0 Å². The monoisotopic (exact) mass is 371 g/mol. The summed E-state index contributed by atoms with van der Waals surface area (Å²) in [7, 11) is 0. The fourth-order valence-corrected chi connectivity index (χ4v) is 3.28. The van der Waals surface area contributed by atoms with E-state index in [0.717, 1.165) is 31.4 Å². The maximum absolute atomic E-state index is 13.3. The summed E-state index contributed by atoms with van der Waals surface area (Å²) in [6.45, 7) is 5.36. The third-order valence-corrected chi connectivity index (χ3v) is 4.92. The Kier molecular flexibility index (Phi) is 6.15. The molecular weight excluding hydrogens is 347 g/mol. The van der Waals surface area contributed by atoms with E-state index in [-0.39, 0.29) is 23.3 Å². The molecule has 0 radical (unpaired) electrons. The van der Waals surface area contributed by atoms with Gasteiger partial charge in [0.05, 0.1) is 11.3 Å². The average Bonchev–Trinajstić information content (AvgIpc) is 2.52. The van der Waals surface area contributed by atoms with Crippen molar-refractivity contribution in [3.63, 3.8) is 0 Å². The number of halogens is 3. The summed E-state index contributed by atoms with van der Waals surface area (Å²) in [6, 6.07) is 2.54. The van der Waals surface area contributed by atoms with Gasteiger partial charge in [-0.2, -0.15) is 13.2 Å². The molecule has 8 heteroatoms. The number of carbonyl (C=O) groups excluding carboxylic acids is 2. The highest BCUT2D eigenvalue weighted by molar-refractivity contribution is 5.92. The van der Waals surface area contributed by atoms with Gasteiger partial charge in [-0.25, -0.2) is 4.79 Å². The molecule has 0 spiro atoms. The Morgan fingerprint density at radius 3 is 2.42 bits per heavy atom. The highest BCUT2D eigenvalue weighted by Crippen LogP contribution is 2.37. The number of alkyl halides is 3. The van der Waals surface area contributed by atoms with Gasteiger partial charge in [0.1, 0.15) is 0 Å². The molecule has 0 heterocycles. The van der Waals surface area contributed by atoms with Gasteiger partial charge >= 0.3 is 12.2 Å². The van der Waals surface area contributed by atoms with Crippen LogP contribution in [0.5, 0.6) is 0 Å². The summed E-state index contributed by atoms with van der Waals surface area (Å²) in [5, 5.41) is 7.39. The smallest absolute Gasteiger partial charge is 0.335 e. The first-order chi connectivity index (χ1) is 12.1. The molecule has 0 unspecified atom stereocenters. The molecule has 3 atom stereocenters. The summed E-state index contributed by atoms with van der Waals surface area (Å²) in [5.41, 5.74) is -1.34. The second-order valence-corrected chi connectivity index (χ2v) is 6.91. The lowest BCUT2D eigenvalue weighted by molar-refractivity contribution is -0.137. The lowest BCUT2D eigenvalue weighted by atomic mass is 9.78. The molecule has 3 amide bonds. The van der Waals surface area contributed by atoms with Crippen molar-refractivity contribution in [1.82, 2.24) is 5.32 Å². The van der Waals surface area contributed by atoms with Crippen molar-refractivity contribution in [3.8, 4) is 0 Å². The van der Waals surface area contributed by atoms with E-state index >= 15 is 0 Å². The van der Waals surface area contributed by atoms with Gasteiger partial charge in [-0.1, -0.05) is 26.7 Å². The molecule has 144 valence electrons. The first-order valence-electron chi connectivity index (χ1n) is 8.64. The van der Waals surface area contributed by atoms with Crippen LogP contribution in [0, 0.1) is 11.8 Å². The van der Waals surface area contributed by atoms with Crippen molar-refractivity contribution < 1.29 is 22.8 Å². The molecule has 26 heavy (non-hydrogen) atoms. The van der Waals surface area contributed by atoms with Crippen molar-refractivity contribution in [1.29, 1.82) is 0 Å². The van der Waals surface area contributed by atoms with E-state index in [1.807, 2.05) is 6.92 Å². The number of amides is 3. The largest absolute Gasteiger partial charge is 0.418 e. The number of urea groups is 1.